The molecular weight excluding hydrogens is 216 g/mol. The molecule has 0 spiro atoms. The van der Waals surface area contributed by atoms with E-state index in [0.717, 1.165) is 43.0 Å². The molecule has 4 N–H and O–H groups in total. The number of nitrogen functional groups attached to an aromatic ring is 1. The van der Waals surface area contributed by atoms with Crippen LogP contribution in [-0.4, -0.2) is 28.0 Å². The van der Waals surface area contributed by atoms with Crippen LogP contribution < -0.4 is 11.1 Å². The summed E-state index contributed by atoms with van der Waals surface area (Å²) in [4.78, 5) is 0. The van der Waals surface area contributed by atoms with Crippen LogP contribution in [0.3, 0.4) is 0 Å². The van der Waals surface area contributed by atoms with E-state index in [-0.39, 0.29) is 6.61 Å². The standard InChI is InChI=1S/C12H24N4O/c1-9(2)16-12(11(13)10(3)15-16)14-7-5-4-6-8-17/h9,14,17H,4-8,13H2,1-3H3. The van der Waals surface area contributed by atoms with Crippen molar-refractivity contribution in [3.8, 4) is 0 Å². The molecule has 0 aliphatic heterocycles. The molecule has 1 rings (SSSR count). The van der Waals surface area contributed by atoms with Gasteiger partial charge in [0.25, 0.3) is 0 Å². The van der Waals surface area contributed by atoms with Gasteiger partial charge in [-0.05, 0) is 40.0 Å². The van der Waals surface area contributed by atoms with Crippen molar-refractivity contribution in [2.24, 2.45) is 0 Å². The van der Waals surface area contributed by atoms with Gasteiger partial charge in [0.05, 0.1) is 11.4 Å². The Bertz CT molecular complexity index is 347. The van der Waals surface area contributed by atoms with Crippen LogP contribution in [0.25, 0.3) is 0 Å². The molecule has 98 valence electrons. The number of aliphatic hydroxyl groups excluding tert-OH is 1. The Morgan fingerprint density at radius 2 is 2.06 bits per heavy atom. The van der Waals surface area contributed by atoms with Crippen LogP contribution in [0.5, 0.6) is 0 Å². The zero-order chi connectivity index (χ0) is 12.8. The number of unbranched alkanes of at least 4 members (excludes halogenated alkanes) is 2. The van der Waals surface area contributed by atoms with Crippen molar-refractivity contribution in [3.63, 3.8) is 0 Å². The van der Waals surface area contributed by atoms with Gasteiger partial charge in [-0.3, -0.25) is 0 Å². The van der Waals surface area contributed by atoms with Crippen molar-refractivity contribution in [3.05, 3.63) is 5.69 Å². The third-order valence-corrected chi connectivity index (χ3v) is 2.75. The zero-order valence-corrected chi connectivity index (χ0v) is 11.0. The Labute approximate surface area is 103 Å². The lowest BCUT2D eigenvalue weighted by molar-refractivity contribution is 0.283. The Morgan fingerprint density at radius 3 is 2.65 bits per heavy atom. The highest BCUT2D eigenvalue weighted by molar-refractivity contribution is 5.64. The lowest BCUT2D eigenvalue weighted by Gasteiger charge is -2.13. The van der Waals surface area contributed by atoms with Gasteiger partial charge in [0.1, 0.15) is 5.82 Å². The Kier molecular flexibility index (Phi) is 5.28. The largest absolute Gasteiger partial charge is 0.396 e. The lowest BCUT2D eigenvalue weighted by Crippen LogP contribution is -2.12. The second-order valence-corrected chi connectivity index (χ2v) is 4.60. The number of nitrogens with zero attached hydrogens (tertiary/aromatic N) is 2. The summed E-state index contributed by atoms with van der Waals surface area (Å²) < 4.78 is 1.93. The highest BCUT2D eigenvalue weighted by Gasteiger charge is 2.13. The van der Waals surface area contributed by atoms with Crippen molar-refractivity contribution in [2.45, 2.75) is 46.1 Å². The normalized spacial score (nSPS) is 11.1. The second-order valence-electron chi connectivity index (χ2n) is 4.60. The zero-order valence-electron chi connectivity index (χ0n) is 11.0. The van der Waals surface area contributed by atoms with Gasteiger partial charge in [-0.25, -0.2) is 4.68 Å². The molecule has 0 radical (unpaired) electrons. The maximum atomic E-state index is 8.69. The Morgan fingerprint density at radius 1 is 1.35 bits per heavy atom. The van der Waals surface area contributed by atoms with Crippen LogP contribution in [0.2, 0.25) is 0 Å². The molecule has 0 amide bonds. The molecule has 17 heavy (non-hydrogen) atoms. The van der Waals surface area contributed by atoms with Gasteiger partial charge in [0, 0.05) is 19.2 Å². The molecule has 0 saturated heterocycles. The number of hydrogen-bond donors (Lipinski definition) is 3. The number of anilines is 2. The summed E-state index contributed by atoms with van der Waals surface area (Å²) in [5.74, 6) is 0.918. The van der Waals surface area contributed by atoms with Gasteiger partial charge >= 0.3 is 0 Å². The fourth-order valence-corrected chi connectivity index (χ4v) is 1.73. The summed E-state index contributed by atoms with van der Waals surface area (Å²) in [6.45, 7) is 7.23. The van der Waals surface area contributed by atoms with E-state index in [0.29, 0.717) is 6.04 Å². The van der Waals surface area contributed by atoms with E-state index < -0.39 is 0 Å². The van der Waals surface area contributed by atoms with Crippen LogP contribution in [-0.2, 0) is 0 Å². The number of aryl methyl sites for hydroxylation is 1. The maximum Gasteiger partial charge on any atom is 0.148 e. The molecule has 5 heteroatoms. The topological polar surface area (TPSA) is 76.1 Å². The summed E-state index contributed by atoms with van der Waals surface area (Å²) in [6.07, 6.45) is 2.92. The number of nitrogens with one attached hydrogen (secondary N) is 1. The number of aromatic nitrogens is 2. The van der Waals surface area contributed by atoms with Crippen molar-refractivity contribution < 1.29 is 5.11 Å². The van der Waals surface area contributed by atoms with Crippen molar-refractivity contribution in [2.75, 3.05) is 24.2 Å². The summed E-state index contributed by atoms with van der Waals surface area (Å²) in [5.41, 5.74) is 7.60. The molecule has 0 unspecified atom stereocenters. The quantitative estimate of drug-likeness (QED) is 0.636. The van der Waals surface area contributed by atoms with Gasteiger partial charge in [0.15, 0.2) is 0 Å². The average Bonchev–Trinajstić information content (AvgIpc) is 2.57. The van der Waals surface area contributed by atoms with Gasteiger partial charge < -0.3 is 16.2 Å². The molecule has 1 aromatic heterocycles. The highest BCUT2D eigenvalue weighted by atomic mass is 16.2. The number of aliphatic hydroxyl groups is 1. The van der Waals surface area contributed by atoms with Gasteiger partial charge in [0.2, 0.25) is 0 Å². The Balaban J connectivity index is 2.57. The van der Waals surface area contributed by atoms with E-state index in [1.165, 1.54) is 0 Å². The predicted octanol–water partition coefficient (Wildman–Crippen LogP) is 1.93. The molecule has 0 saturated carbocycles. The minimum absolute atomic E-state index is 0.269. The molecule has 1 aromatic rings. The molecule has 0 fully saturated rings. The van der Waals surface area contributed by atoms with E-state index in [2.05, 4.69) is 24.3 Å². The fourth-order valence-electron chi connectivity index (χ4n) is 1.73. The monoisotopic (exact) mass is 240 g/mol. The molecule has 5 nitrogen and oxygen atoms in total. The Hall–Kier alpha value is -1.23. The summed E-state index contributed by atoms with van der Waals surface area (Å²) >= 11 is 0. The lowest BCUT2D eigenvalue weighted by atomic mass is 10.2. The third-order valence-electron chi connectivity index (χ3n) is 2.75. The SMILES string of the molecule is Cc1nn(C(C)C)c(NCCCCCO)c1N. The number of hydrogen-bond acceptors (Lipinski definition) is 4. The first-order chi connectivity index (χ1) is 8.07. The number of rotatable bonds is 7. The first kappa shape index (κ1) is 13.8. The minimum atomic E-state index is 0.269. The molecule has 0 atom stereocenters. The summed E-state index contributed by atoms with van der Waals surface area (Å²) in [7, 11) is 0. The van der Waals surface area contributed by atoms with Crippen LogP contribution in [0.1, 0.15) is 44.8 Å². The minimum Gasteiger partial charge on any atom is -0.396 e. The summed E-state index contributed by atoms with van der Waals surface area (Å²) in [6, 6.07) is 0.297. The van der Waals surface area contributed by atoms with E-state index in [9.17, 15) is 0 Å². The van der Waals surface area contributed by atoms with E-state index in [4.69, 9.17) is 10.8 Å². The first-order valence-corrected chi connectivity index (χ1v) is 6.27. The van der Waals surface area contributed by atoms with Crippen molar-refractivity contribution in [1.29, 1.82) is 0 Å². The van der Waals surface area contributed by atoms with Crippen molar-refractivity contribution in [1.82, 2.24) is 9.78 Å². The van der Waals surface area contributed by atoms with Crippen LogP contribution in [0.15, 0.2) is 0 Å². The van der Waals surface area contributed by atoms with Gasteiger partial charge in [-0.15, -0.1) is 0 Å². The second kappa shape index (κ2) is 6.49. The van der Waals surface area contributed by atoms with Crippen molar-refractivity contribution >= 4 is 11.5 Å². The number of nitrogens with two attached hydrogens (primary N) is 1. The van der Waals surface area contributed by atoms with Gasteiger partial charge in [-0.1, -0.05) is 0 Å². The van der Waals surface area contributed by atoms with E-state index in [1.807, 2.05) is 11.6 Å². The van der Waals surface area contributed by atoms with Crippen LogP contribution >= 0.6 is 0 Å². The molecular formula is C12H24N4O. The fraction of sp³-hybridized carbons (Fsp3) is 0.750. The maximum absolute atomic E-state index is 8.69. The third kappa shape index (κ3) is 3.63. The van der Waals surface area contributed by atoms with Gasteiger partial charge in [-0.2, -0.15) is 5.10 Å². The average molecular weight is 240 g/mol. The molecule has 0 aliphatic carbocycles. The highest BCUT2D eigenvalue weighted by Crippen LogP contribution is 2.25. The van der Waals surface area contributed by atoms with E-state index in [1.54, 1.807) is 0 Å². The molecule has 0 aliphatic rings. The smallest absolute Gasteiger partial charge is 0.148 e. The molecule has 0 bridgehead atoms. The molecule has 0 aromatic carbocycles. The first-order valence-electron chi connectivity index (χ1n) is 6.27. The van der Waals surface area contributed by atoms with Crippen LogP contribution in [0, 0.1) is 6.92 Å². The summed E-state index contributed by atoms with van der Waals surface area (Å²) in [5, 5.41) is 16.4. The van der Waals surface area contributed by atoms with E-state index >= 15 is 0 Å². The predicted molar refractivity (Wildman–Crippen MR) is 71.2 cm³/mol. The van der Waals surface area contributed by atoms with Crippen LogP contribution in [0.4, 0.5) is 11.5 Å². The molecule has 1 heterocycles.